The minimum atomic E-state index is -0.240. The first-order valence-electron chi connectivity index (χ1n) is 9.04. The third-order valence-corrected chi connectivity index (χ3v) is 4.20. The maximum Gasteiger partial charge on any atom is 0.339 e. The molecule has 0 unspecified atom stereocenters. The molecule has 0 atom stereocenters. The lowest BCUT2D eigenvalue weighted by atomic mass is 10.1. The number of anilines is 2. The molecular weight excluding hydrogens is 352 g/mol. The molecule has 3 aromatic rings. The Morgan fingerprint density at radius 1 is 0.643 bits per heavy atom. The van der Waals surface area contributed by atoms with Gasteiger partial charge in [0.15, 0.2) is 0 Å². The van der Waals surface area contributed by atoms with E-state index in [0.717, 1.165) is 22.5 Å². The van der Waals surface area contributed by atoms with Gasteiger partial charge in [0.05, 0.1) is 22.5 Å². The summed E-state index contributed by atoms with van der Waals surface area (Å²) >= 11 is 0. The molecule has 142 valence electrons. The zero-order valence-corrected chi connectivity index (χ0v) is 16.4. The van der Waals surface area contributed by atoms with Gasteiger partial charge in [0.2, 0.25) is 0 Å². The van der Waals surface area contributed by atoms with E-state index in [4.69, 9.17) is 0 Å². The van der Waals surface area contributed by atoms with E-state index in [0.29, 0.717) is 22.8 Å². The van der Waals surface area contributed by atoms with Crippen LogP contribution in [-0.4, -0.2) is 11.8 Å². The second kappa shape index (κ2) is 8.00. The van der Waals surface area contributed by atoms with Crippen molar-refractivity contribution in [3.63, 3.8) is 0 Å². The quantitative estimate of drug-likeness (QED) is 0.733. The average molecular weight is 376 g/mol. The van der Waals surface area contributed by atoms with E-state index < -0.39 is 0 Å². The van der Waals surface area contributed by atoms with Gasteiger partial charge in [-0.1, -0.05) is 0 Å². The van der Waals surface area contributed by atoms with Gasteiger partial charge < -0.3 is 0 Å². The molecule has 0 radical (unpaired) electrons. The van der Waals surface area contributed by atoms with Crippen LogP contribution in [0.2, 0.25) is 0 Å². The van der Waals surface area contributed by atoms with Crippen molar-refractivity contribution in [2.24, 2.45) is 0 Å². The van der Waals surface area contributed by atoms with Crippen molar-refractivity contribution in [1.29, 1.82) is 0 Å². The number of carbonyl (C=O) groups excluding carboxylic acids is 2. The Morgan fingerprint density at radius 3 is 1.32 bits per heavy atom. The lowest BCUT2D eigenvalue weighted by Crippen LogP contribution is -2.22. The summed E-state index contributed by atoms with van der Waals surface area (Å²) in [5.41, 5.74) is 4.99. The number of aromatic nitrogens is 2. The van der Waals surface area contributed by atoms with Crippen LogP contribution in [0.4, 0.5) is 11.6 Å². The van der Waals surface area contributed by atoms with Crippen LogP contribution in [0.1, 0.15) is 43.2 Å². The molecule has 0 fully saturated rings. The molecule has 0 aliphatic heterocycles. The summed E-state index contributed by atoms with van der Waals surface area (Å²) in [6.07, 6.45) is 0. The summed E-state index contributed by atoms with van der Waals surface area (Å²) in [6, 6.07) is 14.3. The summed E-state index contributed by atoms with van der Waals surface area (Å²) in [4.78, 5) is 31.1. The molecule has 0 aliphatic rings. The van der Waals surface area contributed by atoms with Gasteiger partial charge in [0.25, 0.3) is 11.6 Å². The van der Waals surface area contributed by atoms with Crippen molar-refractivity contribution in [2.45, 2.75) is 27.7 Å². The second-order valence-electron chi connectivity index (χ2n) is 6.99. The van der Waals surface area contributed by atoms with E-state index in [2.05, 4.69) is 20.6 Å². The minimum absolute atomic E-state index is 0.240. The number of amides is 2. The van der Waals surface area contributed by atoms with E-state index in [1.54, 1.807) is 24.3 Å². The number of aryl methyl sites for hydroxylation is 4. The predicted molar refractivity (Wildman–Crippen MR) is 107 cm³/mol. The highest BCUT2D eigenvalue weighted by molar-refractivity contribution is 6.06. The largest absolute Gasteiger partial charge is 0.339 e. The van der Waals surface area contributed by atoms with Crippen molar-refractivity contribution in [1.82, 2.24) is 0 Å². The molecule has 1 aromatic carbocycles. The first kappa shape index (κ1) is 19.2. The summed E-state index contributed by atoms with van der Waals surface area (Å²) in [7, 11) is 0. The number of pyridine rings is 2. The van der Waals surface area contributed by atoms with Gasteiger partial charge in [-0.05, 0) is 75.2 Å². The Balaban J connectivity index is 1.69. The fraction of sp³-hybridized carbons (Fsp3) is 0.182. The zero-order chi connectivity index (χ0) is 20.3. The number of aromatic amines is 2. The normalized spacial score (nSPS) is 10.4. The highest BCUT2D eigenvalue weighted by Crippen LogP contribution is 2.11. The molecule has 0 saturated carbocycles. The summed E-state index contributed by atoms with van der Waals surface area (Å²) in [6.45, 7) is 7.81. The van der Waals surface area contributed by atoms with Crippen LogP contribution < -0.4 is 20.6 Å². The Kier molecular flexibility index (Phi) is 5.49. The van der Waals surface area contributed by atoms with Gasteiger partial charge in [-0.15, -0.1) is 0 Å². The Hall–Kier alpha value is -3.54. The molecule has 0 aliphatic carbocycles. The number of rotatable bonds is 4. The Labute approximate surface area is 164 Å². The first-order chi connectivity index (χ1) is 13.3. The maximum absolute atomic E-state index is 12.4. The van der Waals surface area contributed by atoms with Gasteiger partial charge >= 0.3 is 11.8 Å². The second-order valence-corrected chi connectivity index (χ2v) is 6.99. The molecule has 28 heavy (non-hydrogen) atoms. The molecular formula is C22H24N4O2+2. The van der Waals surface area contributed by atoms with E-state index in [1.165, 1.54) is 0 Å². The molecule has 2 heterocycles. The number of carbonyl (C=O) groups is 2. The smallest absolute Gasteiger partial charge is 0.245 e. The number of benzene rings is 1. The van der Waals surface area contributed by atoms with Gasteiger partial charge in [-0.25, -0.2) is 30.2 Å². The fourth-order valence-electron chi connectivity index (χ4n) is 3.09. The summed E-state index contributed by atoms with van der Waals surface area (Å²) in [5.74, 6) is 0.788. The summed E-state index contributed by atoms with van der Waals surface area (Å²) < 4.78 is 0. The molecule has 6 heteroatoms. The molecule has 6 nitrogen and oxygen atoms in total. The van der Waals surface area contributed by atoms with Gasteiger partial charge in [0, 0.05) is 12.1 Å². The van der Waals surface area contributed by atoms with Crippen LogP contribution in [0.3, 0.4) is 0 Å². The lowest BCUT2D eigenvalue weighted by Gasteiger charge is -2.03. The van der Waals surface area contributed by atoms with Gasteiger partial charge in [0.1, 0.15) is 0 Å². The monoisotopic (exact) mass is 376 g/mol. The Bertz CT molecular complexity index is 918. The van der Waals surface area contributed by atoms with Crippen LogP contribution in [0.15, 0.2) is 48.5 Å². The SMILES string of the molecule is Cc1cc(C)[nH+]c(NC(=O)c2ccc(C(=O)Nc3cc(C)cc(C)[nH+]3)cc2)c1. The topological polar surface area (TPSA) is 86.5 Å². The molecule has 2 aromatic heterocycles. The molecule has 3 rings (SSSR count). The third kappa shape index (κ3) is 4.79. The molecule has 2 amide bonds. The highest BCUT2D eigenvalue weighted by Gasteiger charge is 2.17. The van der Waals surface area contributed by atoms with Crippen molar-refractivity contribution in [3.8, 4) is 0 Å². The highest BCUT2D eigenvalue weighted by atomic mass is 16.2. The van der Waals surface area contributed by atoms with Crippen molar-refractivity contribution >= 4 is 23.5 Å². The van der Waals surface area contributed by atoms with Gasteiger partial charge in [-0.3, -0.25) is 0 Å². The predicted octanol–water partition coefficient (Wildman–Crippen LogP) is 3.05. The fourth-order valence-corrected chi connectivity index (χ4v) is 3.09. The summed E-state index contributed by atoms with van der Waals surface area (Å²) in [5, 5.41) is 5.68. The zero-order valence-electron chi connectivity index (χ0n) is 16.4. The number of hydrogen-bond acceptors (Lipinski definition) is 2. The number of hydrogen-bond donors (Lipinski definition) is 2. The number of nitrogens with one attached hydrogen (secondary N) is 4. The van der Waals surface area contributed by atoms with Crippen LogP contribution in [0.5, 0.6) is 0 Å². The Morgan fingerprint density at radius 2 is 1.00 bits per heavy atom. The first-order valence-corrected chi connectivity index (χ1v) is 9.04. The lowest BCUT2D eigenvalue weighted by molar-refractivity contribution is -0.371. The molecule has 0 saturated heterocycles. The van der Waals surface area contributed by atoms with Crippen LogP contribution in [-0.2, 0) is 0 Å². The van der Waals surface area contributed by atoms with Gasteiger partial charge in [-0.2, -0.15) is 0 Å². The van der Waals surface area contributed by atoms with Crippen LogP contribution >= 0.6 is 0 Å². The molecule has 0 bridgehead atoms. The van der Waals surface area contributed by atoms with E-state index in [9.17, 15) is 9.59 Å². The van der Waals surface area contributed by atoms with E-state index >= 15 is 0 Å². The van der Waals surface area contributed by atoms with Crippen molar-refractivity contribution in [3.05, 3.63) is 82.2 Å². The molecule has 0 spiro atoms. The average Bonchev–Trinajstić information content (AvgIpc) is 2.60. The van der Waals surface area contributed by atoms with Crippen molar-refractivity contribution in [2.75, 3.05) is 10.6 Å². The van der Waals surface area contributed by atoms with E-state index in [-0.39, 0.29) is 11.8 Å². The molecule has 4 N–H and O–H groups in total. The number of H-pyrrole nitrogens is 2. The standard InChI is InChI=1S/C22H22N4O2/c1-13-9-15(3)23-19(11-13)25-21(27)17-5-7-18(8-6-17)22(28)26-20-12-14(2)10-16(4)24-20/h5-12H,1-4H3,(H,23,25,27)(H,24,26,28)/p+2. The van der Waals surface area contributed by atoms with Crippen molar-refractivity contribution < 1.29 is 19.6 Å². The third-order valence-electron chi connectivity index (χ3n) is 4.20. The van der Waals surface area contributed by atoms with Crippen LogP contribution in [0.25, 0.3) is 0 Å². The van der Waals surface area contributed by atoms with E-state index in [1.807, 2.05) is 52.0 Å². The minimum Gasteiger partial charge on any atom is -0.245 e. The van der Waals surface area contributed by atoms with Crippen LogP contribution in [0, 0.1) is 27.7 Å². The maximum atomic E-state index is 12.4.